The minimum absolute atomic E-state index is 0.0127. The van der Waals surface area contributed by atoms with Gasteiger partial charge in [0.05, 0.1) is 32.1 Å². The van der Waals surface area contributed by atoms with Crippen LogP contribution in [0, 0.1) is 0 Å². The van der Waals surface area contributed by atoms with Crippen molar-refractivity contribution in [3.05, 3.63) is 18.2 Å². The van der Waals surface area contributed by atoms with E-state index in [9.17, 15) is 4.79 Å². The molecule has 0 aromatic heterocycles. The maximum absolute atomic E-state index is 11.9. The largest absolute Gasteiger partial charge is 0.494 e. The van der Waals surface area contributed by atoms with Crippen LogP contribution in [0.2, 0.25) is 0 Å². The lowest BCUT2D eigenvalue weighted by Gasteiger charge is -2.36. The maximum atomic E-state index is 11.9. The van der Waals surface area contributed by atoms with Crippen LogP contribution in [0.5, 0.6) is 5.75 Å². The number of carbonyl (C=O) groups excluding carboxylic acids is 1. The standard InChI is InChI=1S/C13H16N2O3/c1-17-11-4-2-3-10-13(11)14-12(16)7-9-8-18-6-5-15(9)10/h2-4,9H,5-8H2,1H3,(H,14,16). The Hall–Kier alpha value is -1.75. The van der Waals surface area contributed by atoms with Crippen LogP contribution in [0.3, 0.4) is 0 Å². The van der Waals surface area contributed by atoms with Gasteiger partial charge in [-0.3, -0.25) is 4.79 Å². The number of rotatable bonds is 1. The highest BCUT2D eigenvalue weighted by atomic mass is 16.5. The molecule has 2 heterocycles. The van der Waals surface area contributed by atoms with Crippen LogP contribution in [0.25, 0.3) is 0 Å². The molecule has 2 aliphatic rings. The minimum Gasteiger partial charge on any atom is -0.494 e. The van der Waals surface area contributed by atoms with Crippen molar-refractivity contribution in [3.63, 3.8) is 0 Å². The van der Waals surface area contributed by atoms with Gasteiger partial charge in [0.25, 0.3) is 0 Å². The fraction of sp³-hybridized carbons (Fsp3) is 0.462. The summed E-state index contributed by atoms with van der Waals surface area (Å²) in [6.45, 7) is 2.10. The van der Waals surface area contributed by atoms with Gasteiger partial charge in [0, 0.05) is 13.0 Å². The van der Waals surface area contributed by atoms with E-state index in [4.69, 9.17) is 9.47 Å². The SMILES string of the molecule is COc1cccc2c1NC(=O)CC1COCCN21. The van der Waals surface area contributed by atoms with Gasteiger partial charge in [-0.15, -0.1) is 0 Å². The zero-order valence-electron chi connectivity index (χ0n) is 10.3. The smallest absolute Gasteiger partial charge is 0.226 e. The summed E-state index contributed by atoms with van der Waals surface area (Å²) in [6.07, 6.45) is 0.456. The second-order valence-corrected chi connectivity index (χ2v) is 4.53. The van der Waals surface area contributed by atoms with Gasteiger partial charge in [0.15, 0.2) is 0 Å². The average Bonchev–Trinajstić information content (AvgIpc) is 2.53. The third-order valence-corrected chi connectivity index (χ3v) is 3.45. The van der Waals surface area contributed by atoms with E-state index in [-0.39, 0.29) is 11.9 Å². The second-order valence-electron chi connectivity index (χ2n) is 4.53. The molecule has 2 aliphatic heterocycles. The predicted octanol–water partition coefficient (Wildman–Crippen LogP) is 1.24. The first-order valence-electron chi connectivity index (χ1n) is 6.11. The summed E-state index contributed by atoms with van der Waals surface area (Å²) in [4.78, 5) is 14.2. The minimum atomic E-state index is 0.0127. The molecule has 0 bridgehead atoms. The first kappa shape index (κ1) is 11.3. The highest BCUT2D eigenvalue weighted by Crippen LogP contribution is 2.38. The molecule has 1 amide bonds. The van der Waals surface area contributed by atoms with Gasteiger partial charge in [-0.05, 0) is 12.1 Å². The van der Waals surface area contributed by atoms with Crippen molar-refractivity contribution < 1.29 is 14.3 Å². The molecule has 1 fully saturated rings. The van der Waals surface area contributed by atoms with Crippen LogP contribution in [0.4, 0.5) is 11.4 Å². The zero-order chi connectivity index (χ0) is 12.5. The summed E-state index contributed by atoms with van der Waals surface area (Å²) in [5, 5.41) is 2.94. The van der Waals surface area contributed by atoms with Crippen LogP contribution in [0.15, 0.2) is 18.2 Å². The molecule has 0 saturated carbocycles. The van der Waals surface area contributed by atoms with Crippen molar-refractivity contribution >= 4 is 17.3 Å². The summed E-state index contributed by atoms with van der Waals surface area (Å²) in [7, 11) is 1.61. The van der Waals surface area contributed by atoms with Crippen LogP contribution in [-0.4, -0.2) is 38.8 Å². The molecule has 96 valence electrons. The van der Waals surface area contributed by atoms with Crippen LogP contribution >= 0.6 is 0 Å². The number of anilines is 2. The van der Waals surface area contributed by atoms with Crippen LogP contribution < -0.4 is 15.0 Å². The number of para-hydroxylation sites is 1. The molecule has 1 aromatic rings. The van der Waals surface area contributed by atoms with Crippen molar-refractivity contribution in [1.82, 2.24) is 0 Å². The fourth-order valence-corrected chi connectivity index (χ4v) is 2.60. The van der Waals surface area contributed by atoms with Crippen molar-refractivity contribution in [2.75, 3.05) is 37.1 Å². The molecule has 1 unspecified atom stereocenters. The lowest BCUT2D eigenvalue weighted by molar-refractivity contribution is -0.116. The van der Waals surface area contributed by atoms with Crippen molar-refractivity contribution in [3.8, 4) is 5.75 Å². The van der Waals surface area contributed by atoms with E-state index in [2.05, 4.69) is 10.2 Å². The van der Waals surface area contributed by atoms with Gasteiger partial charge in [0.1, 0.15) is 11.4 Å². The first-order valence-corrected chi connectivity index (χ1v) is 6.11. The molecule has 3 rings (SSSR count). The topological polar surface area (TPSA) is 50.8 Å². The third-order valence-electron chi connectivity index (χ3n) is 3.45. The van der Waals surface area contributed by atoms with Crippen molar-refractivity contribution in [2.45, 2.75) is 12.5 Å². The second kappa shape index (κ2) is 4.49. The Bertz CT molecular complexity index is 475. The summed E-state index contributed by atoms with van der Waals surface area (Å²) in [5.74, 6) is 0.715. The molecule has 18 heavy (non-hydrogen) atoms. The van der Waals surface area contributed by atoms with E-state index >= 15 is 0 Å². The highest BCUT2D eigenvalue weighted by Gasteiger charge is 2.31. The summed E-state index contributed by atoms with van der Waals surface area (Å²) in [6, 6.07) is 5.94. The van der Waals surface area contributed by atoms with Crippen LogP contribution in [-0.2, 0) is 9.53 Å². The Morgan fingerprint density at radius 2 is 2.39 bits per heavy atom. The van der Waals surface area contributed by atoms with E-state index < -0.39 is 0 Å². The van der Waals surface area contributed by atoms with Crippen LogP contribution in [0.1, 0.15) is 6.42 Å². The molecule has 0 spiro atoms. The molecule has 1 N–H and O–H groups in total. The molecular weight excluding hydrogens is 232 g/mol. The van der Waals surface area contributed by atoms with Crippen molar-refractivity contribution in [1.29, 1.82) is 0 Å². The van der Waals surface area contributed by atoms with E-state index in [0.717, 1.165) is 17.9 Å². The molecule has 0 aliphatic carbocycles. The molecule has 5 heteroatoms. The van der Waals surface area contributed by atoms with Gasteiger partial charge in [-0.1, -0.05) is 6.07 Å². The van der Waals surface area contributed by atoms with Gasteiger partial charge in [-0.25, -0.2) is 0 Å². The number of carbonyl (C=O) groups is 1. The van der Waals surface area contributed by atoms with Gasteiger partial charge >= 0.3 is 0 Å². The Morgan fingerprint density at radius 1 is 1.50 bits per heavy atom. The normalized spacial score (nSPS) is 22.6. The number of fused-ring (bicyclic) bond motifs is 3. The monoisotopic (exact) mass is 248 g/mol. The number of nitrogens with zero attached hydrogens (tertiary/aromatic N) is 1. The lowest BCUT2D eigenvalue weighted by atomic mass is 10.1. The molecule has 1 aromatic carbocycles. The summed E-state index contributed by atoms with van der Waals surface area (Å²) < 4.78 is 10.8. The maximum Gasteiger partial charge on any atom is 0.226 e. The molecule has 5 nitrogen and oxygen atoms in total. The molecule has 1 saturated heterocycles. The van der Waals surface area contributed by atoms with E-state index in [0.29, 0.717) is 25.4 Å². The number of morpholine rings is 1. The number of amides is 1. The Labute approximate surface area is 106 Å². The number of methoxy groups -OCH3 is 1. The van der Waals surface area contributed by atoms with Gasteiger partial charge in [0.2, 0.25) is 5.91 Å². The Balaban J connectivity index is 2.08. The number of benzene rings is 1. The highest BCUT2D eigenvalue weighted by molar-refractivity contribution is 5.98. The van der Waals surface area contributed by atoms with E-state index in [1.54, 1.807) is 7.11 Å². The lowest BCUT2D eigenvalue weighted by Crippen LogP contribution is -2.45. The number of ether oxygens (including phenoxy) is 2. The summed E-state index contributed by atoms with van der Waals surface area (Å²) >= 11 is 0. The van der Waals surface area contributed by atoms with Crippen molar-refractivity contribution in [2.24, 2.45) is 0 Å². The van der Waals surface area contributed by atoms with E-state index in [1.165, 1.54) is 0 Å². The predicted molar refractivity (Wildman–Crippen MR) is 68.2 cm³/mol. The van der Waals surface area contributed by atoms with E-state index in [1.807, 2.05) is 18.2 Å². The third kappa shape index (κ3) is 1.80. The first-order chi connectivity index (χ1) is 8.79. The fourth-order valence-electron chi connectivity index (χ4n) is 2.60. The average molecular weight is 248 g/mol. The molecule has 1 atom stereocenters. The van der Waals surface area contributed by atoms with Gasteiger partial charge < -0.3 is 19.7 Å². The van der Waals surface area contributed by atoms with Gasteiger partial charge in [-0.2, -0.15) is 0 Å². The summed E-state index contributed by atoms with van der Waals surface area (Å²) in [5.41, 5.74) is 1.79. The number of hydrogen-bond donors (Lipinski definition) is 1. The molecular formula is C13H16N2O3. The number of hydrogen-bond acceptors (Lipinski definition) is 4. The number of nitrogens with one attached hydrogen (secondary N) is 1. The Morgan fingerprint density at radius 3 is 3.22 bits per heavy atom. The quantitative estimate of drug-likeness (QED) is 0.812. The molecule has 0 radical (unpaired) electrons. The zero-order valence-corrected chi connectivity index (χ0v) is 10.3. The Kier molecular flexibility index (Phi) is 2.83.